The van der Waals surface area contributed by atoms with Crippen molar-refractivity contribution in [3.05, 3.63) is 77.9 Å². The summed E-state index contributed by atoms with van der Waals surface area (Å²) in [6.07, 6.45) is 14.9. The van der Waals surface area contributed by atoms with Gasteiger partial charge in [0, 0.05) is 10.1 Å². The number of thioether (sulfide) groups is 1. The van der Waals surface area contributed by atoms with Crippen molar-refractivity contribution >= 4 is 23.4 Å². The van der Waals surface area contributed by atoms with E-state index in [1.54, 1.807) is 0 Å². The Bertz CT molecular complexity index is 914. The van der Waals surface area contributed by atoms with Crippen LogP contribution >= 0.6 is 11.8 Å². The first-order valence-corrected chi connectivity index (χ1v) is 10.9. The summed E-state index contributed by atoms with van der Waals surface area (Å²) < 4.78 is 0. The van der Waals surface area contributed by atoms with Gasteiger partial charge in [0.05, 0.1) is 0 Å². The third-order valence-corrected chi connectivity index (χ3v) is 7.75. The Labute approximate surface area is 168 Å². The molecule has 138 valence electrons. The van der Waals surface area contributed by atoms with E-state index in [9.17, 15) is 0 Å². The normalized spacial score (nSPS) is 24.3. The lowest BCUT2D eigenvalue weighted by Crippen LogP contribution is -2.23. The lowest BCUT2D eigenvalue weighted by Gasteiger charge is -2.30. The smallest absolute Gasteiger partial charge is 0.0155 e. The fourth-order valence-corrected chi connectivity index (χ4v) is 5.18. The van der Waals surface area contributed by atoms with Gasteiger partial charge >= 0.3 is 0 Å². The molecule has 0 saturated heterocycles. The molecule has 0 spiro atoms. The fraction of sp³-hybridized carbons (Fsp3) is 0.308. The standard InChI is InChI=1S/C26H28S/c1-4-26(3)17-16-23-14-15-24(18-25(23)27-19(26)2)22-12-10-21(11-13-22)20-8-6-5-7-9-20/h5-6,8,10-19H,4,7,9H2,1-3H3/t19?,26-/m1/s1. The van der Waals surface area contributed by atoms with Gasteiger partial charge in [-0.1, -0.05) is 87.5 Å². The molecule has 2 aromatic carbocycles. The zero-order valence-electron chi connectivity index (χ0n) is 16.5. The minimum atomic E-state index is 0.258. The van der Waals surface area contributed by atoms with E-state index in [1.165, 1.54) is 39.1 Å². The van der Waals surface area contributed by atoms with Crippen LogP contribution in [0, 0.1) is 5.41 Å². The van der Waals surface area contributed by atoms with Gasteiger partial charge in [-0.25, -0.2) is 0 Å². The van der Waals surface area contributed by atoms with E-state index >= 15 is 0 Å². The summed E-state index contributed by atoms with van der Waals surface area (Å²) >= 11 is 2.02. The Hall–Kier alpha value is -1.99. The number of rotatable bonds is 3. The van der Waals surface area contributed by atoms with Crippen LogP contribution in [0.2, 0.25) is 0 Å². The Balaban J connectivity index is 1.62. The number of hydrogen-bond donors (Lipinski definition) is 0. The van der Waals surface area contributed by atoms with E-state index in [0.717, 1.165) is 12.8 Å². The number of benzene rings is 2. The largest absolute Gasteiger partial charge is 0.121 e. The summed E-state index contributed by atoms with van der Waals surface area (Å²) in [7, 11) is 0. The Morgan fingerprint density at radius 1 is 1.04 bits per heavy atom. The summed E-state index contributed by atoms with van der Waals surface area (Å²) in [4.78, 5) is 1.40. The Morgan fingerprint density at radius 3 is 2.48 bits per heavy atom. The van der Waals surface area contributed by atoms with Crippen molar-refractivity contribution in [3.8, 4) is 11.1 Å². The van der Waals surface area contributed by atoms with E-state index in [2.05, 4.69) is 93.6 Å². The lowest BCUT2D eigenvalue weighted by atomic mass is 9.83. The van der Waals surface area contributed by atoms with Gasteiger partial charge in [0.25, 0.3) is 0 Å². The summed E-state index contributed by atoms with van der Waals surface area (Å²) in [5.74, 6) is 0. The number of hydrogen-bond acceptors (Lipinski definition) is 1. The van der Waals surface area contributed by atoms with Gasteiger partial charge in [-0.3, -0.25) is 0 Å². The molecule has 0 N–H and O–H groups in total. The molecule has 0 amide bonds. The monoisotopic (exact) mass is 372 g/mol. The van der Waals surface area contributed by atoms with Crippen LogP contribution in [0.5, 0.6) is 0 Å². The first kappa shape index (κ1) is 18.4. The van der Waals surface area contributed by atoms with Crippen LogP contribution in [0.15, 0.2) is 71.7 Å². The SMILES string of the molecule is CC[C@]1(C)C=Cc2ccc(-c3ccc(C4=CC=CCC4)cc3)cc2SC1C. The average molecular weight is 373 g/mol. The summed E-state index contributed by atoms with van der Waals surface area (Å²) in [5.41, 5.74) is 7.01. The lowest BCUT2D eigenvalue weighted by molar-refractivity contribution is 0.411. The van der Waals surface area contributed by atoms with E-state index in [-0.39, 0.29) is 5.41 Å². The first-order chi connectivity index (χ1) is 13.1. The maximum Gasteiger partial charge on any atom is 0.0155 e. The highest BCUT2D eigenvalue weighted by atomic mass is 32.2. The summed E-state index contributed by atoms with van der Waals surface area (Å²) in [6, 6.07) is 16.0. The van der Waals surface area contributed by atoms with E-state index in [4.69, 9.17) is 0 Å². The molecule has 1 aliphatic heterocycles. The summed E-state index contributed by atoms with van der Waals surface area (Å²) in [6.45, 7) is 7.03. The number of allylic oxidation sites excluding steroid dienone is 5. The Morgan fingerprint density at radius 2 is 1.78 bits per heavy atom. The van der Waals surface area contributed by atoms with Crippen molar-refractivity contribution in [2.24, 2.45) is 5.41 Å². The zero-order chi connectivity index (χ0) is 18.9. The molecule has 4 rings (SSSR count). The molecule has 0 radical (unpaired) electrons. The predicted octanol–water partition coefficient (Wildman–Crippen LogP) is 8.01. The van der Waals surface area contributed by atoms with Crippen LogP contribution in [-0.4, -0.2) is 5.25 Å². The van der Waals surface area contributed by atoms with Crippen LogP contribution in [0.25, 0.3) is 22.8 Å². The van der Waals surface area contributed by atoms with Gasteiger partial charge in [-0.2, -0.15) is 0 Å². The van der Waals surface area contributed by atoms with Crippen LogP contribution < -0.4 is 0 Å². The van der Waals surface area contributed by atoms with Gasteiger partial charge < -0.3 is 0 Å². The van der Waals surface area contributed by atoms with Crippen molar-refractivity contribution < 1.29 is 0 Å². The third kappa shape index (κ3) is 3.71. The van der Waals surface area contributed by atoms with Gasteiger partial charge in [0.2, 0.25) is 0 Å². The first-order valence-electron chi connectivity index (χ1n) is 10.1. The molecule has 1 heteroatoms. The highest BCUT2D eigenvalue weighted by Crippen LogP contribution is 2.44. The predicted molar refractivity (Wildman–Crippen MR) is 121 cm³/mol. The number of fused-ring (bicyclic) bond motifs is 1. The highest BCUT2D eigenvalue weighted by molar-refractivity contribution is 8.00. The van der Waals surface area contributed by atoms with E-state index < -0.39 is 0 Å². The minimum Gasteiger partial charge on any atom is -0.121 e. The highest BCUT2D eigenvalue weighted by Gasteiger charge is 2.29. The van der Waals surface area contributed by atoms with Crippen LogP contribution in [0.3, 0.4) is 0 Å². The average Bonchev–Trinajstić information content (AvgIpc) is 2.85. The molecule has 1 unspecified atom stereocenters. The molecule has 0 saturated carbocycles. The molecule has 1 heterocycles. The van der Waals surface area contributed by atoms with Gasteiger partial charge in [-0.15, -0.1) is 11.8 Å². The molecule has 2 aliphatic rings. The molecule has 27 heavy (non-hydrogen) atoms. The maximum atomic E-state index is 2.41. The van der Waals surface area contributed by atoms with Crippen molar-refractivity contribution in [2.75, 3.05) is 0 Å². The maximum absolute atomic E-state index is 2.41. The van der Waals surface area contributed by atoms with Crippen LogP contribution in [-0.2, 0) is 0 Å². The molecule has 2 atom stereocenters. The molecule has 0 fully saturated rings. The van der Waals surface area contributed by atoms with Gasteiger partial charge in [0.15, 0.2) is 0 Å². The molecule has 2 aromatic rings. The Kier molecular flexibility index (Phi) is 5.14. The molecule has 0 bridgehead atoms. The molecular formula is C26H28S. The second-order valence-electron chi connectivity index (χ2n) is 7.94. The molecular weight excluding hydrogens is 344 g/mol. The molecule has 0 aromatic heterocycles. The molecule has 1 aliphatic carbocycles. The van der Waals surface area contributed by atoms with E-state index in [1.807, 2.05) is 11.8 Å². The van der Waals surface area contributed by atoms with Gasteiger partial charge in [-0.05, 0) is 58.6 Å². The minimum absolute atomic E-state index is 0.258. The van der Waals surface area contributed by atoms with Crippen molar-refractivity contribution in [3.63, 3.8) is 0 Å². The topological polar surface area (TPSA) is 0 Å². The summed E-state index contributed by atoms with van der Waals surface area (Å²) in [5, 5.41) is 0.573. The quantitative estimate of drug-likeness (QED) is 0.526. The third-order valence-electron chi connectivity index (χ3n) is 6.25. The van der Waals surface area contributed by atoms with Crippen LogP contribution in [0.1, 0.15) is 51.2 Å². The van der Waals surface area contributed by atoms with Crippen molar-refractivity contribution in [1.29, 1.82) is 0 Å². The van der Waals surface area contributed by atoms with Crippen LogP contribution in [0.4, 0.5) is 0 Å². The molecule has 0 nitrogen and oxygen atoms in total. The zero-order valence-corrected chi connectivity index (χ0v) is 17.4. The second kappa shape index (κ2) is 7.56. The van der Waals surface area contributed by atoms with Crippen molar-refractivity contribution in [1.82, 2.24) is 0 Å². The van der Waals surface area contributed by atoms with Gasteiger partial charge in [0.1, 0.15) is 0 Å². The van der Waals surface area contributed by atoms with Crippen molar-refractivity contribution in [2.45, 2.75) is 50.2 Å². The second-order valence-corrected chi connectivity index (χ2v) is 9.32. The fourth-order valence-electron chi connectivity index (χ4n) is 3.82. The van der Waals surface area contributed by atoms with E-state index in [0.29, 0.717) is 5.25 Å².